The molecule has 1 N–H and O–H groups in total. The summed E-state index contributed by atoms with van der Waals surface area (Å²) in [6, 6.07) is 18.9. The smallest absolute Gasteiger partial charge is 0.264 e. The van der Waals surface area contributed by atoms with Crippen LogP contribution in [0.25, 0.3) is 0 Å². The van der Waals surface area contributed by atoms with Crippen molar-refractivity contribution in [3.05, 3.63) is 88.9 Å². The maximum absolute atomic E-state index is 13.8. The summed E-state index contributed by atoms with van der Waals surface area (Å²) >= 11 is 5.97. The van der Waals surface area contributed by atoms with Crippen molar-refractivity contribution in [3.63, 3.8) is 0 Å². The molecule has 37 heavy (non-hydrogen) atoms. The summed E-state index contributed by atoms with van der Waals surface area (Å²) in [4.78, 5) is 27.7. The number of para-hydroxylation sites is 1. The fraction of sp³-hybridized carbons (Fsp3) is 0.259. The van der Waals surface area contributed by atoms with Crippen molar-refractivity contribution < 1.29 is 22.7 Å². The van der Waals surface area contributed by atoms with Crippen molar-refractivity contribution in [1.29, 1.82) is 0 Å². The molecule has 196 valence electrons. The van der Waals surface area contributed by atoms with Gasteiger partial charge in [-0.3, -0.25) is 13.9 Å². The standard InChI is InChI=1S/C27H30ClN3O5S/c1-19-8-5-6-11-25(19)31(37(34,35)24-14-12-22(28)13-15-24)18-26(32)30(20(2)27(33)29-3)17-21-9-7-10-23(16-21)36-4/h5-16,20H,17-18H2,1-4H3,(H,29,33)/t20-/m0/s1. The number of likely N-dealkylation sites (N-methyl/N-ethyl adjacent to an activating group) is 1. The lowest BCUT2D eigenvalue weighted by molar-refractivity contribution is -0.139. The van der Waals surface area contributed by atoms with E-state index in [-0.39, 0.29) is 17.3 Å². The van der Waals surface area contributed by atoms with E-state index in [1.807, 2.05) is 6.07 Å². The molecule has 8 nitrogen and oxygen atoms in total. The van der Waals surface area contributed by atoms with E-state index in [1.165, 1.54) is 43.3 Å². The summed E-state index contributed by atoms with van der Waals surface area (Å²) in [6.45, 7) is 2.93. The van der Waals surface area contributed by atoms with Gasteiger partial charge >= 0.3 is 0 Å². The lowest BCUT2D eigenvalue weighted by atomic mass is 10.1. The molecule has 2 amide bonds. The monoisotopic (exact) mass is 543 g/mol. The molecule has 0 saturated carbocycles. The molecule has 0 unspecified atom stereocenters. The third-order valence-corrected chi connectivity index (χ3v) is 7.99. The second-order valence-electron chi connectivity index (χ2n) is 8.42. The average Bonchev–Trinajstić information content (AvgIpc) is 2.90. The number of halogens is 1. The summed E-state index contributed by atoms with van der Waals surface area (Å²) in [5.41, 5.74) is 1.76. The highest BCUT2D eigenvalue weighted by Gasteiger charge is 2.32. The van der Waals surface area contributed by atoms with Crippen LogP contribution < -0.4 is 14.4 Å². The molecule has 3 aromatic rings. The van der Waals surface area contributed by atoms with Crippen LogP contribution in [0.4, 0.5) is 5.69 Å². The zero-order valence-corrected chi connectivity index (χ0v) is 22.7. The first-order valence-electron chi connectivity index (χ1n) is 11.6. The minimum Gasteiger partial charge on any atom is -0.497 e. The molecule has 0 aliphatic heterocycles. The number of ether oxygens (including phenoxy) is 1. The predicted octanol–water partition coefficient (Wildman–Crippen LogP) is 4.02. The van der Waals surface area contributed by atoms with E-state index < -0.39 is 28.5 Å². The van der Waals surface area contributed by atoms with Gasteiger partial charge in [0.15, 0.2) is 0 Å². The first kappa shape index (κ1) is 28.0. The topological polar surface area (TPSA) is 96.0 Å². The molecule has 0 aromatic heterocycles. The van der Waals surface area contributed by atoms with Gasteiger partial charge in [0.05, 0.1) is 17.7 Å². The normalized spacial score (nSPS) is 11.9. The molecular formula is C27H30ClN3O5S. The SMILES string of the molecule is CNC(=O)[C@H](C)N(Cc1cccc(OC)c1)C(=O)CN(c1ccccc1C)S(=O)(=O)c1ccc(Cl)cc1. The number of hydrogen-bond acceptors (Lipinski definition) is 5. The highest BCUT2D eigenvalue weighted by molar-refractivity contribution is 7.92. The second kappa shape index (κ2) is 12.1. The Morgan fingerprint density at radius 2 is 1.70 bits per heavy atom. The molecule has 0 spiro atoms. The first-order valence-corrected chi connectivity index (χ1v) is 13.4. The van der Waals surface area contributed by atoms with Gasteiger partial charge in [0.25, 0.3) is 10.0 Å². The quantitative estimate of drug-likeness (QED) is 0.417. The Kier molecular flexibility index (Phi) is 9.18. The van der Waals surface area contributed by atoms with E-state index in [2.05, 4.69) is 5.32 Å². The number of anilines is 1. The van der Waals surface area contributed by atoms with Gasteiger partial charge in [0.2, 0.25) is 11.8 Å². The van der Waals surface area contributed by atoms with E-state index in [9.17, 15) is 18.0 Å². The number of aryl methyl sites for hydroxylation is 1. The zero-order valence-electron chi connectivity index (χ0n) is 21.1. The average molecular weight is 544 g/mol. The number of carbonyl (C=O) groups excluding carboxylic acids is 2. The Morgan fingerprint density at radius 1 is 1.03 bits per heavy atom. The number of nitrogens with one attached hydrogen (secondary N) is 1. The maximum Gasteiger partial charge on any atom is 0.264 e. The Labute approximate surface area is 222 Å². The molecule has 0 saturated heterocycles. The van der Waals surface area contributed by atoms with Crippen LogP contribution >= 0.6 is 11.6 Å². The zero-order chi connectivity index (χ0) is 27.2. The minimum absolute atomic E-state index is 0.00773. The van der Waals surface area contributed by atoms with Gasteiger partial charge in [-0.1, -0.05) is 41.9 Å². The Morgan fingerprint density at radius 3 is 2.32 bits per heavy atom. The number of rotatable bonds is 10. The highest BCUT2D eigenvalue weighted by Crippen LogP contribution is 2.28. The van der Waals surface area contributed by atoms with Crippen LogP contribution in [-0.4, -0.2) is 51.9 Å². The number of amides is 2. The molecule has 3 aromatic carbocycles. The van der Waals surface area contributed by atoms with Gasteiger partial charge < -0.3 is 15.0 Å². The summed E-state index contributed by atoms with van der Waals surface area (Å²) < 4.78 is 33.9. The van der Waals surface area contributed by atoms with Crippen LogP contribution in [0.3, 0.4) is 0 Å². The maximum atomic E-state index is 13.8. The van der Waals surface area contributed by atoms with Gasteiger partial charge in [-0.05, 0) is 67.4 Å². The largest absolute Gasteiger partial charge is 0.497 e. The second-order valence-corrected chi connectivity index (χ2v) is 10.7. The van der Waals surface area contributed by atoms with Crippen molar-refractivity contribution in [1.82, 2.24) is 10.2 Å². The minimum atomic E-state index is -4.15. The van der Waals surface area contributed by atoms with E-state index >= 15 is 0 Å². The highest BCUT2D eigenvalue weighted by atomic mass is 35.5. The Bertz CT molecular complexity index is 1360. The Hall–Kier alpha value is -3.56. The van der Waals surface area contributed by atoms with Crippen molar-refractivity contribution in [2.24, 2.45) is 0 Å². The molecule has 0 radical (unpaired) electrons. The van der Waals surface area contributed by atoms with Crippen molar-refractivity contribution >= 4 is 39.1 Å². The molecule has 3 rings (SSSR count). The predicted molar refractivity (Wildman–Crippen MR) is 144 cm³/mol. The summed E-state index contributed by atoms with van der Waals surface area (Å²) in [6.07, 6.45) is 0. The number of benzene rings is 3. The fourth-order valence-electron chi connectivity index (χ4n) is 3.85. The van der Waals surface area contributed by atoms with Gasteiger partial charge in [-0.15, -0.1) is 0 Å². The molecule has 0 aliphatic rings. The molecular weight excluding hydrogens is 514 g/mol. The van der Waals surface area contributed by atoms with Gasteiger partial charge in [0.1, 0.15) is 18.3 Å². The number of hydrogen-bond donors (Lipinski definition) is 1. The van der Waals surface area contributed by atoms with Crippen LogP contribution in [-0.2, 0) is 26.2 Å². The van der Waals surface area contributed by atoms with Crippen molar-refractivity contribution in [2.75, 3.05) is 25.0 Å². The van der Waals surface area contributed by atoms with Gasteiger partial charge in [-0.2, -0.15) is 0 Å². The summed E-state index contributed by atoms with van der Waals surface area (Å²) in [5, 5.41) is 2.95. The van der Waals surface area contributed by atoms with E-state index in [4.69, 9.17) is 16.3 Å². The van der Waals surface area contributed by atoms with Crippen LogP contribution in [0.5, 0.6) is 5.75 Å². The molecule has 0 heterocycles. The van der Waals surface area contributed by atoms with Crippen LogP contribution in [0.15, 0.2) is 77.7 Å². The number of sulfonamides is 1. The van der Waals surface area contributed by atoms with E-state index in [1.54, 1.807) is 56.3 Å². The molecule has 0 bridgehead atoms. The molecule has 1 atom stereocenters. The van der Waals surface area contributed by atoms with E-state index in [0.717, 1.165) is 9.87 Å². The van der Waals surface area contributed by atoms with Crippen molar-refractivity contribution in [3.8, 4) is 5.75 Å². The number of nitrogens with zero attached hydrogens (tertiary/aromatic N) is 2. The number of carbonyl (C=O) groups is 2. The number of methoxy groups -OCH3 is 1. The van der Waals surface area contributed by atoms with Crippen molar-refractivity contribution in [2.45, 2.75) is 31.3 Å². The van der Waals surface area contributed by atoms with Gasteiger partial charge in [-0.25, -0.2) is 8.42 Å². The summed E-state index contributed by atoms with van der Waals surface area (Å²) in [7, 11) is -1.13. The van der Waals surface area contributed by atoms with Crippen LogP contribution in [0.1, 0.15) is 18.1 Å². The van der Waals surface area contributed by atoms with Crippen LogP contribution in [0.2, 0.25) is 5.02 Å². The Balaban J connectivity index is 2.04. The fourth-order valence-corrected chi connectivity index (χ4v) is 5.45. The first-order chi connectivity index (χ1) is 17.6. The molecule has 10 heteroatoms. The summed E-state index contributed by atoms with van der Waals surface area (Å²) in [5.74, 6) is -0.316. The third kappa shape index (κ3) is 6.61. The lowest BCUT2D eigenvalue weighted by Crippen LogP contribution is -2.50. The van der Waals surface area contributed by atoms with Crippen LogP contribution in [0, 0.1) is 6.92 Å². The lowest BCUT2D eigenvalue weighted by Gasteiger charge is -2.32. The molecule has 0 aliphatic carbocycles. The molecule has 0 fully saturated rings. The van der Waals surface area contributed by atoms with Gasteiger partial charge in [0, 0.05) is 18.6 Å². The van der Waals surface area contributed by atoms with E-state index in [0.29, 0.717) is 22.0 Å². The third-order valence-electron chi connectivity index (χ3n) is 5.97.